The number of benzene rings is 1. The lowest BCUT2D eigenvalue weighted by molar-refractivity contribution is -0.294. The van der Waals surface area contributed by atoms with Crippen molar-refractivity contribution in [3.05, 3.63) is 35.9 Å². The lowest BCUT2D eigenvalue weighted by Crippen LogP contribution is -2.60. The van der Waals surface area contributed by atoms with Crippen LogP contribution in [-0.2, 0) is 39.8 Å². The van der Waals surface area contributed by atoms with E-state index in [1.165, 1.54) is 5.01 Å². The number of carbonyl (C=O) groups excluding carboxylic acids is 3. The van der Waals surface area contributed by atoms with Crippen molar-refractivity contribution in [1.29, 1.82) is 0 Å². The Bertz CT molecular complexity index is 1670. The van der Waals surface area contributed by atoms with Gasteiger partial charge in [-0.25, -0.2) is 20.0 Å². The fourth-order valence-electron chi connectivity index (χ4n) is 8.86. The van der Waals surface area contributed by atoms with E-state index in [9.17, 15) is 19.5 Å². The number of rotatable bonds is 10. The van der Waals surface area contributed by atoms with Gasteiger partial charge in [-0.05, 0) is 79.6 Å². The molecule has 0 saturated carbocycles. The molecule has 55 heavy (non-hydrogen) atoms. The van der Waals surface area contributed by atoms with Crippen LogP contribution in [0.4, 0.5) is 4.79 Å². The van der Waals surface area contributed by atoms with Gasteiger partial charge in [0, 0.05) is 43.0 Å². The number of amides is 1. The first-order chi connectivity index (χ1) is 25.9. The molecule has 2 fully saturated rings. The van der Waals surface area contributed by atoms with Crippen LogP contribution < -0.4 is 5.43 Å². The number of fused-ring (bicyclic) bond motifs is 2. The van der Waals surface area contributed by atoms with Crippen LogP contribution in [0.15, 0.2) is 35.9 Å². The highest BCUT2D eigenvalue weighted by Crippen LogP contribution is 2.42. The zero-order valence-corrected chi connectivity index (χ0v) is 34.4. The van der Waals surface area contributed by atoms with Crippen molar-refractivity contribution in [2.45, 2.75) is 142 Å². The van der Waals surface area contributed by atoms with Crippen LogP contribution in [0.5, 0.6) is 0 Å². The third-order valence-corrected chi connectivity index (χ3v) is 11.8. The summed E-state index contributed by atoms with van der Waals surface area (Å²) in [7, 11) is 5.39. The van der Waals surface area contributed by atoms with Crippen molar-refractivity contribution in [2.75, 3.05) is 27.7 Å². The van der Waals surface area contributed by atoms with Crippen molar-refractivity contribution in [3.63, 3.8) is 0 Å². The Hall–Kier alpha value is -3.47. The fraction of sp³-hybridized carbons (Fsp3) is 0.725. The van der Waals surface area contributed by atoms with Gasteiger partial charge in [0.25, 0.3) is 0 Å². The van der Waals surface area contributed by atoms with Crippen molar-refractivity contribution in [3.8, 4) is 0 Å². The smallest absolute Gasteiger partial charge is 0.425 e. The molecule has 2 N–H and O–H groups in total. The second kappa shape index (κ2) is 17.3. The molecule has 0 spiro atoms. The third kappa shape index (κ3) is 8.92. The molecule has 4 heterocycles. The molecule has 1 aromatic carbocycles. The minimum atomic E-state index is -1.37. The predicted octanol–water partition coefficient (Wildman–Crippen LogP) is 4.27. The molecule has 306 valence electrons. The van der Waals surface area contributed by atoms with E-state index >= 15 is 0 Å². The summed E-state index contributed by atoms with van der Waals surface area (Å²) in [5, 5.41) is 21.9. The topological polar surface area (TPSA) is 167 Å². The number of cyclic esters (lactones) is 1. The van der Waals surface area contributed by atoms with Gasteiger partial charge in [-0.2, -0.15) is 15.0 Å². The molecule has 1 aromatic heterocycles. The molecule has 1 amide bonds. The maximum atomic E-state index is 14.6. The third-order valence-electron chi connectivity index (χ3n) is 11.8. The molecule has 12 atom stereocenters. The number of nitrogens with one attached hydrogen (secondary N) is 1. The highest BCUT2D eigenvalue weighted by atomic mass is 16.7. The molecule has 2 saturated heterocycles. The minimum absolute atomic E-state index is 0.122. The first-order valence-corrected chi connectivity index (χ1v) is 19.6. The van der Waals surface area contributed by atoms with Gasteiger partial charge in [-0.1, -0.05) is 45.9 Å². The van der Waals surface area contributed by atoms with E-state index in [-0.39, 0.29) is 24.3 Å². The first-order valence-electron chi connectivity index (χ1n) is 19.6. The van der Waals surface area contributed by atoms with E-state index < -0.39 is 71.7 Å². The van der Waals surface area contributed by atoms with E-state index in [0.29, 0.717) is 37.9 Å². The van der Waals surface area contributed by atoms with Gasteiger partial charge in [0.2, 0.25) is 0 Å². The van der Waals surface area contributed by atoms with E-state index in [4.69, 9.17) is 23.7 Å². The van der Waals surface area contributed by atoms with Crippen LogP contribution in [0.3, 0.4) is 0 Å². The Morgan fingerprint density at radius 2 is 1.73 bits per heavy atom. The maximum Gasteiger partial charge on any atom is 0.425 e. The molecule has 0 bridgehead atoms. The molecule has 0 aliphatic carbocycles. The number of hydrogen-bond donors (Lipinski definition) is 2. The van der Waals surface area contributed by atoms with Gasteiger partial charge in [0.1, 0.15) is 35.1 Å². The molecule has 15 nitrogen and oxygen atoms in total. The number of hydrogen-bond acceptors (Lipinski definition) is 13. The number of nitrogens with zero attached hydrogens (tertiary/aromatic N) is 5. The number of esters is 1. The van der Waals surface area contributed by atoms with Gasteiger partial charge >= 0.3 is 12.1 Å². The summed E-state index contributed by atoms with van der Waals surface area (Å²) in [6.07, 6.45) is -0.897. The highest BCUT2D eigenvalue weighted by molar-refractivity contribution is 5.88. The van der Waals surface area contributed by atoms with Crippen molar-refractivity contribution < 1.29 is 43.2 Å². The number of aliphatic hydroxyl groups is 1. The number of ketones is 1. The predicted molar refractivity (Wildman–Crippen MR) is 204 cm³/mol. The summed E-state index contributed by atoms with van der Waals surface area (Å²) in [5.41, 5.74) is 2.70. The quantitative estimate of drug-likeness (QED) is 0.260. The Labute approximate surface area is 324 Å². The van der Waals surface area contributed by atoms with E-state index in [0.717, 1.165) is 11.0 Å². The van der Waals surface area contributed by atoms with Crippen LogP contribution in [-0.4, -0.2) is 130 Å². The monoisotopic (exact) mass is 770 g/mol. The number of hydrazine groups is 1. The minimum Gasteiger partial charge on any atom is -0.455 e. The largest absolute Gasteiger partial charge is 0.455 e. The number of aromatic nitrogens is 3. The van der Waals surface area contributed by atoms with Gasteiger partial charge < -0.3 is 33.7 Å². The Morgan fingerprint density at radius 3 is 2.33 bits per heavy atom. The second-order valence-electron chi connectivity index (χ2n) is 16.4. The summed E-state index contributed by atoms with van der Waals surface area (Å²) >= 11 is 0. The molecule has 1 unspecified atom stereocenters. The lowest BCUT2D eigenvalue weighted by Gasteiger charge is -2.46. The van der Waals surface area contributed by atoms with Crippen molar-refractivity contribution in [2.24, 2.45) is 17.8 Å². The zero-order chi connectivity index (χ0) is 40.4. The molecule has 5 rings (SSSR count). The zero-order valence-electron chi connectivity index (χ0n) is 34.4. The number of Topliss-reactive ketones (excluding diaryl/α,β-unsaturated/α-hetero) is 1. The first kappa shape index (κ1) is 42.7. The van der Waals surface area contributed by atoms with Crippen LogP contribution >= 0.6 is 0 Å². The molecular weight excluding hydrogens is 708 g/mol. The van der Waals surface area contributed by atoms with Gasteiger partial charge in [-0.15, -0.1) is 0 Å². The number of methoxy groups -OCH3 is 1. The number of aliphatic hydroxyl groups excluding tert-OH is 1. The van der Waals surface area contributed by atoms with Gasteiger partial charge in [0.15, 0.2) is 11.9 Å². The van der Waals surface area contributed by atoms with Crippen LogP contribution in [0.1, 0.15) is 81.1 Å². The summed E-state index contributed by atoms with van der Waals surface area (Å²) in [6, 6.07) is 6.58. The van der Waals surface area contributed by atoms with E-state index in [2.05, 4.69) is 15.6 Å². The number of carbonyl (C=O) groups is 3. The van der Waals surface area contributed by atoms with E-state index in [1.54, 1.807) is 38.8 Å². The molecule has 2 aromatic rings. The van der Waals surface area contributed by atoms with Gasteiger partial charge in [-0.3, -0.25) is 4.79 Å². The average molecular weight is 771 g/mol. The molecule has 0 radical (unpaired) electrons. The Morgan fingerprint density at radius 1 is 1.07 bits per heavy atom. The summed E-state index contributed by atoms with van der Waals surface area (Å²) < 4.78 is 31.4. The van der Waals surface area contributed by atoms with Gasteiger partial charge in [0.05, 0.1) is 24.4 Å². The van der Waals surface area contributed by atoms with Crippen LogP contribution in [0, 0.1) is 17.8 Å². The van der Waals surface area contributed by atoms with Crippen LogP contribution in [0.25, 0.3) is 11.0 Å². The number of ether oxygens (including phenoxy) is 5. The summed E-state index contributed by atoms with van der Waals surface area (Å²) in [5.74, 6) is -2.48. The standard InChI is InChI=1S/C40H62N6O9/c1-12-31-40(8)34(46(38(50)55-40)41-18-15-19-45-42-28-16-13-14-17-29(28)43-45)27(6)32(47)25(4)22-39(7,51-11)35(23(2)20-24(3)36(49)53-31)54-37-33(48)30(44(9)10)21-26(5)52-37/h13-14,16-17,20,23,25-27,30-31,33-35,37,41,48H,12,15,18-19,21-22H2,1-11H3/b24-20+/t23-,25+,26+,27-,30-,31?,33+,34+,35+,37-,39+,40+/m0/s1. The normalized spacial score (nSPS) is 37.7. The second-order valence-corrected chi connectivity index (χ2v) is 16.4. The summed E-state index contributed by atoms with van der Waals surface area (Å²) in [4.78, 5) is 45.8. The van der Waals surface area contributed by atoms with Crippen molar-refractivity contribution in [1.82, 2.24) is 30.3 Å². The SMILES string of the molecule is CCC1OC(=O)/C(C)=C/[C@H](C)[C@@H](O[C@@H]2O[C@H](C)C[C@H](N(C)C)[C@H]2O)[C@](C)(OC)C[C@@H](C)C(=O)[C@H](C)[C@H]2N(NCCCn3nc4ccccc4n3)C(=O)O[C@]12C. The molecular formula is C40H62N6O9. The Balaban J connectivity index is 1.45. The van der Waals surface area contributed by atoms with Crippen molar-refractivity contribution >= 4 is 28.9 Å². The van der Waals surface area contributed by atoms with Crippen LogP contribution in [0.2, 0.25) is 0 Å². The maximum absolute atomic E-state index is 14.6. The average Bonchev–Trinajstić information content (AvgIpc) is 3.67. The highest BCUT2D eigenvalue weighted by Gasteiger charge is 2.60. The fourth-order valence-corrected chi connectivity index (χ4v) is 8.86. The Kier molecular flexibility index (Phi) is 13.5. The number of aryl methyl sites for hydroxylation is 1. The molecule has 3 aliphatic heterocycles. The molecule has 15 heteroatoms. The summed E-state index contributed by atoms with van der Waals surface area (Å²) in [6.45, 7) is 15.5. The number of likely N-dealkylation sites (N-methyl/N-ethyl adjacent to an activating group) is 1. The lowest BCUT2D eigenvalue weighted by atomic mass is 9.74. The molecule has 3 aliphatic rings. The van der Waals surface area contributed by atoms with E-state index in [1.807, 2.05) is 77.9 Å².